The van der Waals surface area contributed by atoms with Crippen molar-refractivity contribution in [2.24, 2.45) is 0 Å². The molecule has 3 aromatic rings. The van der Waals surface area contributed by atoms with Gasteiger partial charge < -0.3 is 20.1 Å². The number of benzene rings is 3. The van der Waals surface area contributed by atoms with Gasteiger partial charge >= 0.3 is 6.09 Å². The third kappa shape index (κ3) is 6.83. The molecule has 2 aliphatic heterocycles. The van der Waals surface area contributed by atoms with Crippen molar-refractivity contribution in [3.8, 4) is 5.75 Å². The Kier molecular flexibility index (Phi) is 9.49. The van der Waals surface area contributed by atoms with Crippen molar-refractivity contribution in [3.05, 3.63) is 106 Å². The van der Waals surface area contributed by atoms with Gasteiger partial charge in [-0.1, -0.05) is 36.4 Å². The molecule has 1 saturated carbocycles. The van der Waals surface area contributed by atoms with E-state index in [4.69, 9.17) is 4.74 Å². The fourth-order valence-electron chi connectivity index (χ4n) is 6.57. The Balaban J connectivity index is 1.23. The van der Waals surface area contributed by atoms with Crippen LogP contribution >= 0.6 is 0 Å². The number of carbonyl (C=O) groups is 2. The number of carbonyl (C=O) groups excluding carboxylic acids is 1. The van der Waals surface area contributed by atoms with Crippen LogP contribution in [0.3, 0.4) is 0 Å². The minimum absolute atomic E-state index is 0.0409. The minimum atomic E-state index is -1.37. The smallest absolute Gasteiger partial charge is 0.408 e. The molecule has 2 N–H and O–H groups in total. The maximum Gasteiger partial charge on any atom is 0.408 e. The second kappa shape index (κ2) is 13.7. The maximum absolute atomic E-state index is 14.5. The van der Waals surface area contributed by atoms with Crippen LogP contribution in [-0.4, -0.2) is 71.3 Å². The summed E-state index contributed by atoms with van der Waals surface area (Å²) in [6.07, 6.45) is 1.74. The van der Waals surface area contributed by atoms with E-state index in [9.17, 15) is 36.6 Å². The van der Waals surface area contributed by atoms with Gasteiger partial charge in [0.2, 0.25) is 5.82 Å². The zero-order valence-electron chi connectivity index (χ0n) is 25.5. The Morgan fingerprint density at radius 2 is 1.62 bits per heavy atom. The molecular weight excluding hydrogens is 621 g/mol. The molecule has 2 amide bonds. The summed E-state index contributed by atoms with van der Waals surface area (Å²) in [5.74, 6) is -6.51. The van der Waals surface area contributed by atoms with Crippen molar-refractivity contribution in [1.82, 2.24) is 15.1 Å². The van der Waals surface area contributed by atoms with Crippen LogP contribution in [0.2, 0.25) is 0 Å². The van der Waals surface area contributed by atoms with E-state index >= 15 is 0 Å². The molecule has 2 atom stereocenters. The molecule has 3 aliphatic rings. The molecule has 1 aliphatic carbocycles. The van der Waals surface area contributed by atoms with Crippen LogP contribution < -0.4 is 10.1 Å². The highest BCUT2D eigenvalue weighted by atomic mass is 19.2. The van der Waals surface area contributed by atoms with Crippen molar-refractivity contribution in [2.75, 3.05) is 26.2 Å². The zero-order valence-corrected chi connectivity index (χ0v) is 25.5. The summed E-state index contributed by atoms with van der Waals surface area (Å²) in [4.78, 5) is 29.8. The fraction of sp³-hybridized carbons (Fsp3) is 0.371. The number of aryl methyl sites for hydroxylation is 1. The van der Waals surface area contributed by atoms with Gasteiger partial charge in [-0.05, 0) is 79.0 Å². The average Bonchev–Trinajstić information content (AvgIpc) is 3.89. The van der Waals surface area contributed by atoms with Crippen molar-refractivity contribution >= 4 is 17.6 Å². The summed E-state index contributed by atoms with van der Waals surface area (Å²) >= 11 is 0. The van der Waals surface area contributed by atoms with Crippen molar-refractivity contribution < 1.29 is 41.4 Å². The predicted octanol–water partition coefficient (Wildman–Crippen LogP) is 6.11. The minimum Gasteiger partial charge on any atom is -0.488 e. The number of ether oxygens (including phenoxy) is 1. The van der Waals surface area contributed by atoms with Crippen molar-refractivity contribution in [3.63, 3.8) is 0 Å². The SMILES string of the molecule is O=C(C1=C(c2ccc(CCCOc3c(F)ccc(F)c3F)cc2)C[C@@H]2CNC[C@H]1N2C(=O)O)N(CCc1cccc(F)c1F)C1CC1. The van der Waals surface area contributed by atoms with E-state index in [-0.39, 0.29) is 49.7 Å². The van der Waals surface area contributed by atoms with Gasteiger partial charge in [0.05, 0.1) is 18.7 Å². The molecule has 47 heavy (non-hydrogen) atoms. The predicted molar refractivity (Wildman–Crippen MR) is 163 cm³/mol. The van der Waals surface area contributed by atoms with Gasteiger partial charge in [-0.25, -0.2) is 22.4 Å². The van der Waals surface area contributed by atoms with Crippen LogP contribution in [0.5, 0.6) is 5.75 Å². The summed E-state index contributed by atoms with van der Waals surface area (Å²) in [7, 11) is 0. The Bertz CT molecular complexity index is 1700. The molecule has 2 bridgehead atoms. The normalized spacial score (nSPS) is 19.1. The lowest BCUT2D eigenvalue weighted by Crippen LogP contribution is -2.63. The summed E-state index contributed by atoms with van der Waals surface area (Å²) < 4.78 is 74.7. The van der Waals surface area contributed by atoms with Gasteiger partial charge in [-0.2, -0.15) is 4.39 Å². The number of nitrogens with one attached hydrogen (secondary N) is 1. The van der Waals surface area contributed by atoms with E-state index in [2.05, 4.69) is 5.32 Å². The third-order valence-electron chi connectivity index (χ3n) is 9.06. The van der Waals surface area contributed by atoms with Crippen LogP contribution in [0.1, 0.15) is 42.4 Å². The van der Waals surface area contributed by atoms with E-state index in [1.165, 1.54) is 17.0 Å². The van der Waals surface area contributed by atoms with E-state index in [1.54, 1.807) is 4.90 Å². The topological polar surface area (TPSA) is 82.1 Å². The fourth-order valence-corrected chi connectivity index (χ4v) is 6.57. The molecule has 0 radical (unpaired) electrons. The molecule has 0 spiro atoms. The standard InChI is InChI=1S/C35H34F5N3O4/c36-26-5-1-4-22(31(26)39)14-15-42(23-10-11-23)34(44)30-25(17-24-18-41-19-29(30)43(24)35(45)46)21-8-6-20(7-9-21)3-2-16-47-33-28(38)13-12-27(37)32(33)40/h1,4-9,12-13,23-24,29,41H,2-3,10-11,14-19H2,(H,45,46)/t24-,29-/m1/s1. The van der Waals surface area contributed by atoms with E-state index in [0.29, 0.717) is 37.4 Å². The van der Waals surface area contributed by atoms with Gasteiger partial charge in [-0.3, -0.25) is 9.69 Å². The molecule has 0 aromatic heterocycles. The molecule has 6 rings (SSSR count). The number of halogens is 5. The number of amides is 2. The van der Waals surface area contributed by atoms with Gasteiger partial charge in [0.1, 0.15) is 0 Å². The lowest BCUT2D eigenvalue weighted by atomic mass is 9.81. The second-order valence-corrected chi connectivity index (χ2v) is 12.1. The van der Waals surface area contributed by atoms with Crippen LogP contribution in [-0.2, 0) is 17.6 Å². The highest BCUT2D eigenvalue weighted by Crippen LogP contribution is 2.39. The van der Waals surface area contributed by atoms with Crippen molar-refractivity contribution in [1.29, 1.82) is 0 Å². The van der Waals surface area contributed by atoms with Gasteiger partial charge in [0.25, 0.3) is 5.91 Å². The molecule has 0 unspecified atom stereocenters. The first-order valence-electron chi connectivity index (χ1n) is 15.7. The Labute approximate surface area is 268 Å². The highest BCUT2D eigenvalue weighted by Gasteiger charge is 2.46. The number of fused-ring (bicyclic) bond motifs is 2. The van der Waals surface area contributed by atoms with Crippen LogP contribution in [0, 0.1) is 29.1 Å². The molecule has 2 heterocycles. The largest absolute Gasteiger partial charge is 0.488 e. The molecule has 2 fully saturated rings. The average molecular weight is 656 g/mol. The number of piperazine rings is 1. The second-order valence-electron chi connectivity index (χ2n) is 12.1. The van der Waals surface area contributed by atoms with Gasteiger partial charge in [0, 0.05) is 31.2 Å². The summed E-state index contributed by atoms with van der Waals surface area (Å²) in [6.45, 7) is 0.807. The lowest BCUT2D eigenvalue weighted by Gasteiger charge is -2.47. The highest BCUT2D eigenvalue weighted by molar-refractivity contribution is 6.04. The van der Waals surface area contributed by atoms with Crippen LogP contribution in [0.15, 0.2) is 60.2 Å². The van der Waals surface area contributed by atoms with E-state index in [0.717, 1.165) is 41.7 Å². The molecule has 1 saturated heterocycles. The van der Waals surface area contributed by atoms with Gasteiger partial charge in [0.15, 0.2) is 29.0 Å². The third-order valence-corrected chi connectivity index (χ3v) is 9.06. The first-order valence-corrected chi connectivity index (χ1v) is 15.7. The van der Waals surface area contributed by atoms with Crippen LogP contribution in [0.4, 0.5) is 26.7 Å². The Morgan fingerprint density at radius 3 is 2.34 bits per heavy atom. The lowest BCUT2D eigenvalue weighted by molar-refractivity contribution is -0.128. The first kappa shape index (κ1) is 32.5. The molecule has 248 valence electrons. The number of hydrogen-bond acceptors (Lipinski definition) is 4. The Hall–Kier alpha value is -4.45. The number of nitrogens with zero attached hydrogens (tertiary/aromatic N) is 2. The number of carboxylic acid groups (broad SMARTS) is 1. The van der Waals surface area contributed by atoms with E-state index in [1.807, 2.05) is 24.3 Å². The van der Waals surface area contributed by atoms with E-state index < -0.39 is 47.0 Å². The monoisotopic (exact) mass is 655 g/mol. The summed E-state index contributed by atoms with van der Waals surface area (Å²) in [5.41, 5.74) is 2.96. The first-order chi connectivity index (χ1) is 22.6. The summed E-state index contributed by atoms with van der Waals surface area (Å²) in [6, 6.07) is 11.8. The van der Waals surface area contributed by atoms with Gasteiger partial charge in [-0.15, -0.1) is 0 Å². The Morgan fingerprint density at radius 1 is 0.894 bits per heavy atom. The number of rotatable bonds is 11. The summed E-state index contributed by atoms with van der Waals surface area (Å²) in [5, 5.41) is 13.4. The molecule has 7 nitrogen and oxygen atoms in total. The number of hydrogen-bond donors (Lipinski definition) is 2. The van der Waals surface area contributed by atoms with Crippen molar-refractivity contribution in [2.45, 2.75) is 56.7 Å². The molecule has 3 aromatic carbocycles. The molecule has 12 heteroatoms. The van der Waals surface area contributed by atoms with Crippen LogP contribution in [0.25, 0.3) is 5.57 Å². The zero-order chi connectivity index (χ0) is 33.2. The quantitative estimate of drug-likeness (QED) is 0.148. The molecular formula is C35H34F5N3O4. The maximum atomic E-state index is 14.5.